The van der Waals surface area contributed by atoms with Crippen LogP contribution >= 0.6 is 57.5 Å². The first-order chi connectivity index (χ1) is 17.0. The van der Waals surface area contributed by atoms with Gasteiger partial charge in [0.15, 0.2) is 0 Å². The molecule has 0 radical (unpaired) electrons. The number of hydrogen-bond acceptors (Lipinski definition) is 7. The monoisotopic (exact) mass is 676 g/mol. The van der Waals surface area contributed by atoms with E-state index in [0.717, 1.165) is 11.7 Å². The number of benzene rings is 3. The minimum absolute atomic E-state index is 0.0201. The number of aromatic nitrogens is 2. The molecule has 0 spiro atoms. The Balaban J connectivity index is 1.63. The van der Waals surface area contributed by atoms with Gasteiger partial charge in [0.1, 0.15) is 22.0 Å². The lowest BCUT2D eigenvalue weighted by Gasteiger charge is -2.18. The number of carbonyl (C=O) groups excluding carboxylic acids is 1. The first kappa shape index (κ1) is 26.5. The molecule has 4 rings (SSSR count). The van der Waals surface area contributed by atoms with Gasteiger partial charge in [0.25, 0.3) is 15.9 Å². The van der Waals surface area contributed by atoms with E-state index in [9.17, 15) is 23.1 Å². The Morgan fingerprint density at radius 1 is 1.08 bits per heavy atom. The number of carboxylic acid groups (broad SMARTS) is 1. The topological polar surface area (TPSA) is 138 Å². The van der Waals surface area contributed by atoms with Crippen molar-refractivity contribution >= 4 is 96.1 Å². The molecule has 0 unspecified atom stereocenters. The third-order valence-corrected chi connectivity index (χ3v) is 8.25. The number of aliphatic carboxylic acids is 1. The summed E-state index contributed by atoms with van der Waals surface area (Å²) in [7, 11) is -4.16. The van der Waals surface area contributed by atoms with Gasteiger partial charge < -0.3 is 10.4 Å². The number of nitrogens with zero attached hydrogens (tertiary/aromatic N) is 2. The maximum atomic E-state index is 13.2. The minimum atomic E-state index is -4.16. The summed E-state index contributed by atoms with van der Waals surface area (Å²) in [4.78, 5) is 24.9. The molecule has 9 nitrogen and oxygen atoms in total. The highest BCUT2D eigenvalue weighted by Crippen LogP contribution is 2.27. The van der Waals surface area contributed by atoms with E-state index in [4.69, 9.17) is 23.2 Å². The number of halogens is 3. The molecule has 1 heterocycles. The predicted molar refractivity (Wildman–Crippen MR) is 146 cm³/mol. The Labute approximate surface area is 233 Å². The Kier molecular flexibility index (Phi) is 7.99. The summed E-state index contributed by atoms with van der Waals surface area (Å²) in [5.74, 6) is -2.07. The Hall–Kier alpha value is -2.52. The van der Waals surface area contributed by atoms with Crippen molar-refractivity contribution in [2.45, 2.75) is 17.4 Å². The van der Waals surface area contributed by atoms with Gasteiger partial charge in [-0.3, -0.25) is 9.52 Å². The smallest absolute Gasteiger partial charge is 0.326 e. The van der Waals surface area contributed by atoms with Crippen LogP contribution in [0.2, 0.25) is 10.0 Å². The van der Waals surface area contributed by atoms with Crippen molar-refractivity contribution in [3.05, 3.63) is 79.3 Å². The van der Waals surface area contributed by atoms with Crippen LogP contribution in [0.4, 0.5) is 5.69 Å². The van der Waals surface area contributed by atoms with Gasteiger partial charge in [-0.1, -0.05) is 35.3 Å². The second-order valence-electron chi connectivity index (χ2n) is 7.49. The van der Waals surface area contributed by atoms with Gasteiger partial charge in [-0.25, -0.2) is 13.2 Å². The molecule has 1 amide bonds. The lowest BCUT2D eigenvalue weighted by molar-refractivity contribution is -0.139. The molecule has 1 aromatic heterocycles. The van der Waals surface area contributed by atoms with Crippen LogP contribution in [0, 0.1) is 3.57 Å². The third-order valence-electron chi connectivity index (χ3n) is 5.05. The summed E-state index contributed by atoms with van der Waals surface area (Å²) >= 11 is 14.9. The van der Waals surface area contributed by atoms with Gasteiger partial charge in [0.2, 0.25) is 0 Å². The molecular formula is C22H15Cl2IN4O5S2. The van der Waals surface area contributed by atoms with Crippen LogP contribution < -0.4 is 10.0 Å². The van der Waals surface area contributed by atoms with Gasteiger partial charge in [-0.2, -0.15) is 8.75 Å². The molecule has 36 heavy (non-hydrogen) atoms. The Bertz CT molecular complexity index is 1600. The first-order valence-corrected chi connectivity index (χ1v) is 14.1. The third kappa shape index (κ3) is 5.89. The summed E-state index contributed by atoms with van der Waals surface area (Å²) in [5.41, 5.74) is 1.03. The van der Waals surface area contributed by atoms with E-state index >= 15 is 0 Å². The maximum Gasteiger partial charge on any atom is 0.326 e. The number of carbonyl (C=O) groups is 2. The van der Waals surface area contributed by atoms with Crippen LogP contribution in [-0.4, -0.2) is 40.2 Å². The van der Waals surface area contributed by atoms with E-state index in [0.29, 0.717) is 19.7 Å². The molecule has 0 aliphatic carbocycles. The highest BCUT2D eigenvalue weighted by molar-refractivity contribution is 14.1. The van der Waals surface area contributed by atoms with E-state index in [-0.39, 0.29) is 33.1 Å². The fourth-order valence-corrected chi connectivity index (χ4v) is 6.16. The summed E-state index contributed by atoms with van der Waals surface area (Å²) in [6.45, 7) is 0. The molecule has 0 saturated heterocycles. The molecule has 1 atom stereocenters. The summed E-state index contributed by atoms with van der Waals surface area (Å²) in [6, 6.07) is 12.3. The molecule has 4 aromatic rings. The number of nitrogens with one attached hydrogen (secondary N) is 2. The highest BCUT2D eigenvalue weighted by Gasteiger charge is 2.26. The van der Waals surface area contributed by atoms with Crippen molar-refractivity contribution in [3.63, 3.8) is 0 Å². The standard InChI is InChI=1S/C22H15Cl2IN4O5S2/c23-12-5-4-11(15(24)9-12)8-18(22(31)32)26-21(30)14-7-6-13(25)10-17(14)29-36(33,34)19-3-1-2-16-20(19)28-35-27-16/h1-7,9-10,18,29H,8H2,(H,26,30)(H,31,32)/t18-/m0/s1. The zero-order valence-electron chi connectivity index (χ0n) is 17.9. The minimum Gasteiger partial charge on any atom is -0.480 e. The van der Waals surface area contributed by atoms with Crippen molar-refractivity contribution in [2.24, 2.45) is 0 Å². The molecule has 3 aromatic carbocycles. The van der Waals surface area contributed by atoms with E-state index in [1.807, 2.05) is 22.6 Å². The van der Waals surface area contributed by atoms with Crippen molar-refractivity contribution < 1.29 is 23.1 Å². The van der Waals surface area contributed by atoms with Gasteiger partial charge in [0.05, 0.1) is 23.0 Å². The van der Waals surface area contributed by atoms with Gasteiger partial charge >= 0.3 is 5.97 Å². The van der Waals surface area contributed by atoms with Gasteiger partial charge in [-0.15, -0.1) is 0 Å². The van der Waals surface area contributed by atoms with Crippen LogP contribution in [-0.2, 0) is 21.2 Å². The largest absolute Gasteiger partial charge is 0.480 e. The van der Waals surface area contributed by atoms with E-state index in [1.165, 1.54) is 24.3 Å². The van der Waals surface area contributed by atoms with Gasteiger partial charge in [0, 0.05) is 20.0 Å². The van der Waals surface area contributed by atoms with E-state index in [1.54, 1.807) is 30.3 Å². The molecule has 186 valence electrons. The van der Waals surface area contributed by atoms with Crippen LogP contribution in [0.3, 0.4) is 0 Å². The van der Waals surface area contributed by atoms with Crippen molar-refractivity contribution in [1.29, 1.82) is 0 Å². The second-order valence-corrected chi connectivity index (χ2v) is 11.8. The predicted octanol–water partition coefficient (Wildman–Crippen LogP) is 4.83. The first-order valence-electron chi connectivity index (χ1n) is 10.1. The normalized spacial score (nSPS) is 12.3. The van der Waals surface area contributed by atoms with E-state index < -0.39 is 27.9 Å². The number of hydrogen-bond donors (Lipinski definition) is 3. The molecule has 0 aliphatic heterocycles. The summed E-state index contributed by atoms with van der Waals surface area (Å²) < 4.78 is 37.6. The zero-order chi connectivity index (χ0) is 26.0. The highest BCUT2D eigenvalue weighted by atomic mass is 127. The number of carboxylic acids is 1. The van der Waals surface area contributed by atoms with Crippen molar-refractivity contribution in [2.75, 3.05) is 4.72 Å². The summed E-state index contributed by atoms with van der Waals surface area (Å²) in [5, 5.41) is 12.8. The second kappa shape index (κ2) is 10.8. The molecule has 0 fully saturated rings. The molecule has 0 aliphatic rings. The van der Waals surface area contributed by atoms with Gasteiger partial charge in [-0.05, 0) is 70.6 Å². The van der Waals surface area contributed by atoms with Crippen molar-refractivity contribution in [3.8, 4) is 0 Å². The molecule has 3 N–H and O–H groups in total. The Morgan fingerprint density at radius 3 is 2.58 bits per heavy atom. The van der Waals surface area contributed by atoms with Crippen molar-refractivity contribution in [1.82, 2.24) is 14.1 Å². The lowest BCUT2D eigenvalue weighted by Crippen LogP contribution is -2.42. The molecular weight excluding hydrogens is 662 g/mol. The average Bonchev–Trinajstić information content (AvgIpc) is 3.28. The van der Waals surface area contributed by atoms with Crippen LogP contribution in [0.25, 0.3) is 11.0 Å². The SMILES string of the molecule is O=C(N[C@@H](Cc1ccc(Cl)cc1Cl)C(=O)O)c1ccc(I)cc1NS(=O)(=O)c1cccc2nsnc12. The van der Waals surface area contributed by atoms with E-state index in [2.05, 4.69) is 18.8 Å². The van der Waals surface area contributed by atoms with Crippen LogP contribution in [0.5, 0.6) is 0 Å². The summed E-state index contributed by atoms with van der Waals surface area (Å²) in [6.07, 6.45) is -0.110. The lowest BCUT2D eigenvalue weighted by atomic mass is 10.0. The molecule has 14 heteroatoms. The maximum absolute atomic E-state index is 13.2. The Morgan fingerprint density at radius 2 is 1.86 bits per heavy atom. The zero-order valence-corrected chi connectivity index (χ0v) is 23.2. The molecule has 0 bridgehead atoms. The fraction of sp³-hybridized carbons (Fsp3) is 0.0909. The number of fused-ring (bicyclic) bond motifs is 1. The van der Waals surface area contributed by atoms with Crippen LogP contribution in [0.15, 0.2) is 59.5 Å². The molecule has 0 saturated carbocycles. The fourth-order valence-electron chi connectivity index (χ4n) is 3.34. The number of amides is 1. The number of anilines is 1. The average molecular weight is 677 g/mol. The quantitative estimate of drug-likeness (QED) is 0.227. The number of sulfonamides is 1. The number of rotatable bonds is 8. The van der Waals surface area contributed by atoms with Crippen LogP contribution in [0.1, 0.15) is 15.9 Å².